The highest BCUT2D eigenvalue weighted by molar-refractivity contribution is 7.93. The Hall–Kier alpha value is -0.790. The summed E-state index contributed by atoms with van der Waals surface area (Å²) in [6.07, 6.45) is -0.614. The Labute approximate surface area is 72.3 Å². The lowest BCUT2D eigenvalue weighted by Gasteiger charge is -2.13. The lowest BCUT2D eigenvalue weighted by Crippen LogP contribution is -2.38. The van der Waals surface area contributed by atoms with Gasteiger partial charge in [-0.1, -0.05) is 6.92 Å². The van der Waals surface area contributed by atoms with Crippen molar-refractivity contribution in [3.05, 3.63) is 0 Å². The molecule has 13 heavy (non-hydrogen) atoms. The Kier molecular flexibility index (Phi) is 3.31. The third kappa shape index (κ3) is 2.33. The molecule has 0 aliphatic rings. The van der Waals surface area contributed by atoms with E-state index in [9.17, 15) is 26.4 Å². The van der Waals surface area contributed by atoms with Gasteiger partial charge in [-0.3, -0.25) is 4.79 Å². The molecule has 0 bridgehead atoms. The van der Waals surface area contributed by atoms with Crippen LogP contribution in [0.15, 0.2) is 0 Å². The summed E-state index contributed by atoms with van der Waals surface area (Å²) in [7, 11) is -5.59. The van der Waals surface area contributed by atoms with E-state index in [-0.39, 0.29) is 0 Å². The van der Waals surface area contributed by atoms with E-state index in [2.05, 4.69) is 0 Å². The monoisotopic (exact) mass is 220 g/mol. The van der Waals surface area contributed by atoms with Crippen molar-refractivity contribution in [1.82, 2.24) is 0 Å². The smallest absolute Gasteiger partial charge is 0.480 e. The Morgan fingerprint density at radius 2 is 1.85 bits per heavy atom. The first-order valence-corrected chi connectivity index (χ1v) is 4.72. The molecule has 0 amide bonds. The normalized spacial score (nSPS) is 15.4. The number of carboxylic acid groups (broad SMARTS) is 1. The first kappa shape index (κ1) is 12.2. The summed E-state index contributed by atoms with van der Waals surface area (Å²) in [5, 5.41) is 5.78. The van der Waals surface area contributed by atoms with Crippen LogP contribution in [0.3, 0.4) is 0 Å². The average Bonchev–Trinajstić information content (AvgIpc) is 1.83. The van der Waals surface area contributed by atoms with Gasteiger partial charge in [0.15, 0.2) is 5.25 Å². The zero-order chi connectivity index (χ0) is 10.9. The van der Waals surface area contributed by atoms with Gasteiger partial charge in [0, 0.05) is 0 Å². The lowest BCUT2D eigenvalue weighted by molar-refractivity contribution is -0.137. The number of carboxylic acids is 1. The number of aliphatic carboxylic acids is 1. The molecule has 0 rings (SSSR count). The molecule has 0 saturated carbocycles. The number of hydrogen-bond donors (Lipinski definition) is 1. The van der Waals surface area contributed by atoms with Gasteiger partial charge in [0.1, 0.15) is 0 Å². The number of alkyl halides is 3. The number of carbonyl (C=O) groups is 1. The fraction of sp³-hybridized carbons (Fsp3) is 0.800. The molecule has 78 valence electrons. The highest BCUT2D eigenvalue weighted by atomic mass is 32.2. The number of sulfone groups is 1. The fourth-order valence-electron chi connectivity index (χ4n) is 0.688. The van der Waals surface area contributed by atoms with Gasteiger partial charge in [0.05, 0.1) is 0 Å². The van der Waals surface area contributed by atoms with E-state index in [1.165, 1.54) is 0 Å². The molecule has 0 aliphatic heterocycles. The average molecular weight is 220 g/mol. The van der Waals surface area contributed by atoms with Crippen molar-refractivity contribution in [2.45, 2.75) is 24.1 Å². The van der Waals surface area contributed by atoms with Crippen molar-refractivity contribution in [3.63, 3.8) is 0 Å². The van der Waals surface area contributed by atoms with Crippen molar-refractivity contribution >= 4 is 15.8 Å². The van der Waals surface area contributed by atoms with Crippen LogP contribution < -0.4 is 0 Å². The van der Waals surface area contributed by atoms with Crippen molar-refractivity contribution in [3.8, 4) is 0 Å². The zero-order valence-electron chi connectivity index (χ0n) is 6.50. The number of rotatable bonds is 3. The van der Waals surface area contributed by atoms with Gasteiger partial charge in [-0.2, -0.15) is 13.2 Å². The standard InChI is InChI=1S/C5H7F3O4S/c1-2-3(4(9)10)13(11,12)5(6,7)8/h3H,2H2,1H3,(H,9,10). The van der Waals surface area contributed by atoms with Crippen molar-refractivity contribution in [2.75, 3.05) is 0 Å². The molecule has 0 spiro atoms. The number of halogens is 3. The molecular formula is C5H7F3O4S. The van der Waals surface area contributed by atoms with Crippen LogP contribution in [-0.2, 0) is 14.6 Å². The summed E-state index contributed by atoms with van der Waals surface area (Å²) in [5.74, 6) is -1.99. The van der Waals surface area contributed by atoms with Crippen LogP contribution in [0.5, 0.6) is 0 Å². The summed E-state index contributed by atoms with van der Waals surface area (Å²) in [6.45, 7) is 1.06. The molecule has 0 aromatic heterocycles. The van der Waals surface area contributed by atoms with Gasteiger partial charge in [-0.15, -0.1) is 0 Å². The van der Waals surface area contributed by atoms with E-state index in [1.54, 1.807) is 0 Å². The fourth-order valence-corrected chi connectivity index (χ4v) is 1.71. The quantitative estimate of drug-likeness (QED) is 0.763. The van der Waals surface area contributed by atoms with E-state index < -0.39 is 33.0 Å². The maximum Gasteiger partial charge on any atom is 0.498 e. The molecule has 0 radical (unpaired) electrons. The van der Waals surface area contributed by atoms with Crippen LogP contribution in [-0.4, -0.2) is 30.3 Å². The number of hydrogen-bond acceptors (Lipinski definition) is 3. The molecule has 1 atom stereocenters. The molecule has 1 N–H and O–H groups in total. The summed E-state index contributed by atoms with van der Waals surface area (Å²) in [5.41, 5.74) is -5.51. The van der Waals surface area contributed by atoms with Gasteiger partial charge in [0.2, 0.25) is 0 Å². The van der Waals surface area contributed by atoms with E-state index in [1.807, 2.05) is 0 Å². The predicted molar refractivity (Wildman–Crippen MR) is 36.7 cm³/mol. The Morgan fingerprint density at radius 1 is 1.46 bits per heavy atom. The predicted octanol–water partition coefficient (Wildman–Crippen LogP) is 0.784. The van der Waals surface area contributed by atoms with Crippen molar-refractivity contribution in [1.29, 1.82) is 0 Å². The Bertz CT molecular complexity index is 291. The minimum atomic E-state index is -5.59. The van der Waals surface area contributed by atoms with Crippen LogP contribution in [0.25, 0.3) is 0 Å². The third-order valence-corrected chi connectivity index (χ3v) is 3.27. The molecule has 0 aliphatic carbocycles. The van der Waals surface area contributed by atoms with Gasteiger partial charge < -0.3 is 5.11 Å². The van der Waals surface area contributed by atoms with Gasteiger partial charge in [0.25, 0.3) is 9.84 Å². The first-order valence-electron chi connectivity index (χ1n) is 3.17. The van der Waals surface area contributed by atoms with E-state index >= 15 is 0 Å². The van der Waals surface area contributed by atoms with Crippen molar-refractivity contribution < 1.29 is 31.5 Å². The molecule has 8 heteroatoms. The van der Waals surface area contributed by atoms with Crippen LogP contribution >= 0.6 is 0 Å². The van der Waals surface area contributed by atoms with Gasteiger partial charge in [-0.05, 0) is 6.42 Å². The highest BCUT2D eigenvalue weighted by Gasteiger charge is 2.52. The van der Waals surface area contributed by atoms with E-state index in [4.69, 9.17) is 5.11 Å². The maximum absolute atomic E-state index is 11.8. The summed E-state index contributed by atoms with van der Waals surface area (Å²) < 4.78 is 56.4. The Morgan fingerprint density at radius 3 is 1.92 bits per heavy atom. The maximum atomic E-state index is 11.8. The molecule has 1 unspecified atom stereocenters. The molecule has 0 saturated heterocycles. The molecule has 0 heterocycles. The second-order valence-corrected chi connectivity index (χ2v) is 4.35. The van der Waals surface area contributed by atoms with E-state index in [0.717, 1.165) is 6.92 Å². The Balaban J connectivity index is 5.15. The van der Waals surface area contributed by atoms with Crippen LogP contribution in [0, 0.1) is 0 Å². The van der Waals surface area contributed by atoms with E-state index in [0.29, 0.717) is 0 Å². The zero-order valence-corrected chi connectivity index (χ0v) is 7.32. The third-order valence-electron chi connectivity index (χ3n) is 1.34. The molecule has 0 aromatic carbocycles. The van der Waals surface area contributed by atoms with Gasteiger partial charge in [-0.25, -0.2) is 8.42 Å². The van der Waals surface area contributed by atoms with Gasteiger partial charge >= 0.3 is 11.5 Å². The molecule has 0 fully saturated rings. The first-order chi connectivity index (χ1) is 5.64. The summed E-state index contributed by atoms with van der Waals surface area (Å²) >= 11 is 0. The second kappa shape index (κ2) is 3.52. The highest BCUT2D eigenvalue weighted by Crippen LogP contribution is 2.28. The lowest BCUT2D eigenvalue weighted by atomic mass is 10.3. The van der Waals surface area contributed by atoms with Crippen molar-refractivity contribution in [2.24, 2.45) is 0 Å². The molecule has 0 aromatic rings. The summed E-state index contributed by atoms with van der Waals surface area (Å²) in [6, 6.07) is 0. The van der Waals surface area contributed by atoms with Crippen LogP contribution in [0.1, 0.15) is 13.3 Å². The molecule has 4 nitrogen and oxygen atoms in total. The second-order valence-electron chi connectivity index (χ2n) is 2.23. The SMILES string of the molecule is CCC(C(=O)O)S(=O)(=O)C(F)(F)F. The van der Waals surface area contributed by atoms with Crippen LogP contribution in [0.4, 0.5) is 13.2 Å². The topological polar surface area (TPSA) is 71.4 Å². The molecular weight excluding hydrogens is 213 g/mol. The largest absolute Gasteiger partial charge is 0.498 e. The summed E-state index contributed by atoms with van der Waals surface area (Å²) in [4.78, 5) is 10.1. The minimum absolute atomic E-state index is 0.614. The minimum Gasteiger partial charge on any atom is -0.480 e. The van der Waals surface area contributed by atoms with Crippen LogP contribution in [0.2, 0.25) is 0 Å².